The molecule has 2 aliphatic rings. The first-order valence-corrected chi connectivity index (χ1v) is 6.93. The lowest BCUT2D eigenvalue weighted by Gasteiger charge is -2.52. The Morgan fingerprint density at radius 3 is 2.28 bits per heavy atom. The molecule has 0 radical (unpaired) electrons. The van der Waals surface area contributed by atoms with Crippen molar-refractivity contribution < 1.29 is 9.59 Å². The quantitative estimate of drug-likeness (QED) is 0.831. The Kier molecular flexibility index (Phi) is 2.95. The number of hydrogen-bond acceptors (Lipinski definition) is 2. The Morgan fingerprint density at radius 2 is 1.89 bits per heavy atom. The molecule has 0 bridgehead atoms. The Balaban J connectivity index is 2.44. The van der Waals surface area contributed by atoms with E-state index in [4.69, 9.17) is 0 Å². The zero-order chi connectivity index (χ0) is 13.7. The molecule has 1 N–H and O–H groups in total. The highest BCUT2D eigenvalue weighted by atomic mass is 16.2. The molecule has 1 saturated carbocycles. The molecule has 1 heterocycles. The molecule has 2 fully saturated rings. The molecule has 1 aliphatic heterocycles. The molecule has 18 heavy (non-hydrogen) atoms. The summed E-state index contributed by atoms with van der Waals surface area (Å²) in [4.78, 5) is 27.1. The minimum atomic E-state index is -0.740. The van der Waals surface area contributed by atoms with Gasteiger partial charge in [-0.1, -0.05) is 6.92 Å². The topological polar surface area (TPSA) is 49.4 Å². The monoisotopic (exact) mass is 252 g/mol. The number of piperazine rings is 1. The Hall–Kier alpha value is -1.06. The van der Waals surface area contributed by atoms with Crippen LogP contribution in [0, 0.1) is 5.92 Å². The van der Waals surface area contributed by atoms with Crippen LogP contribution in [0.3, 0.4) is 0 Å². The molecule has 2 rings (SSSR count). The van der Waals surface area contributed by atoms with Crippen molar-refractivity contribution in [3.63, 3.8) is 0 Å². The van der Waals surface area contributed by atoms with E-state index in [1.807, 2.05) is 39.5 Å². The van der Waals surface area contributed by atoms with E-state index >= 15 is 0 Å². The lowest BCUT2D eigenvalue weighted by molar-refractivity contribution is -0.166. The molecular formula is C14H24N2O2. The van der Waals surface area contributed by atoms with Crippen molar-refractivity contribution in [2.45, 2.75) is 71.0 Å². The van der Waals surface area contributed by atoms with Gasteiger partial charge < -0.3 is 10.2 Å². The zero-order valence-corrected chi connectivity index (χ0v) is 12.0. The van der Waals surface area contributed by atoms with Crippen LogP contribution >= 0.6 is 0 Å². The molecule has 4 nitrogen and oxygen atoms in total. The highest BCUT2D eigenvalue weighted by molar-refractivity contribution is 6.02. The number of hydrogen-bond donors (Lipinski definition) is 1. The van der Waals surface area contributed by atoms with Gasteiger partial charge in [-0.3, -0.25) is 9.59 Å². The molecule has 4 heteroatoms. The third kappa shape index (κ3) is 1.65. The smallest absolute Gasteiger partial charge is 0.249 e. The lowest BCUT2D eigenvalue weighted by atomic mass is 9.81. The number of carbonyl (C=O) groups is 2. The van der Waals surface area contributed by atoms with Crippen LogP contribution in [0.2, 0.25) is 0 Å². The summed E-state index contributed by atoms with van der Waals surface area (Å²) in [6, 6.07) is 0.0556. The summed E-state index contributed by atoms with van der Waals surface area (Å²) in [5.74, 6) is 0.405. The molecule has 2 unspecified atom stereocenters. The van der Waals surface area contributed by atoms with Crippen LogP contribution in [0.5, 0.6) is 0 Å². The Morgan fingerprint density at radius 1 is 1.33 bits per heavy atom. The minimum absolute atomic E-state index is 0.0163. The second-order valence-corrected chi connectivity index (χ2v) is 6.33. The van der Waals surface area contributed by atoms with E-state index < -0.39 is 11.1 Å². The van der Waals surface area contributed by atoms with Gasteiger partial charge in [0.25, 0.3) is 0 Å². The number of nitrogens with one attached hydrogen (secondary N) is 1. The van der Waals surface area contributed by atoms with E-state index in [1.54, 1.807) is 0 Å². The maximum absolute atomic E-state index is 12.7. The van der Waals surface area contributed by atoms with Crippen LogP contribution in [0.15, 0.2) is 0 Å². The molecule has 0 aromatic heterocycles. The average Bonchev–Trinajstić information content (AvgIpc) is 3.10. The first-order valence-electron chi connectivity index (χ1n) is 6.93. The maximum Gasteiger partial charge on any atom is 0.249 e. The van der Waals surface area contributed by atoms with E-state index in [-0.39, 0.29) is 17.9 Å². The first-order chi connectivity index (χ1) is 8.27. The first kappa shape index (κ1) is 13.4. The summed E-state index contributed by atoms with van der Waals surface area (Å²) in [7, 11) is 0. The normalized spacial score (nSPS) is 37.1. The molecule has 0 aromatic rings. The van der Waals surface area contributed by atoms with Crippen LogP contribution in [0.25, 0.3) is 0 Å². The van der Waals surface area contributed by atoms with E-state index in [1.165, 1.54) is 0 Å². The molecular weight excluding hydrogens is 228 g/mol. The van der Waals surface area contributed by atoms with Crippen LogP contribution in [-0.4, -0.2) is 33.8 Å². The molecule has 102 valence electrons. The minimum Gasteiger partial charge on any atom is -0.340 e. The van der Waals surface area contributed by atoms with Crippen molar-refractivity contribution in [1.82, 2.24) is 10.2 Å². The van der Waals surface area contributed by atoms with Crippen LogP contribution in [0.4, 0.5) is 0 Å². The Bertz CT molecular complexity index is 389. The molecule has 2 amide bonds. The van der Waals surface area contributed by atoms with E-state index in [0.29, 0.717) is 12.3 Å². The molecule has 0 aromatic carbocycles. The standard InChI is InChI=1S/C14H24N2O2/c1-6-13(4)12(18)16(9(2)3)14(5,10-7-8-10)11(17)15-13/h9-10H,6-8H2,1-5H3,(H,15,17). The van der Waals surface area contributed by atoms with Crippen molar-refractivity contribution in [2.24, 2.45) is 5.92 Å². The van der Waals surface area contributed by atoms with Gasteiger partial charge in [0.05, 0.1) is 0 Å². The van der Waals surface area contributed by atoms with E-state index in [0.717, 1.165) is 12.8 Å². The zero-order valence-electron chi connectivity index (χ0n) is 12.0. The number of rotatable bonds is 3. The largest absolute Gasteiger partial charge is 0.340 e. The molecule has 2 atom stereocenters. The van der Waals surface area contributed by atoms with Crippen molar-refractivity contribution in [3.05, 3.63) is 0 Å². The van der Waals surface area contributed by atoms with Crippen molar-refractivity contribution >= 4 is 11.8 Å². The summed E-state index contributed by atoms with van der Waals surface area (Å²) >= 11 is 0. The predicted molar refractivity (Wildman–Crippen MR) is 69.9 cm³/mol. The molecule has 0 spiro atoms. The van der Waals surface area contributed by atoms with Gasteiger partial charge in [0, 0.05) is 6.04 Å². The number of carbonyl (C=O) groups excluding carboxylic acids is 2. The van der Waals surface area contributed by atoms with Gasteiger partial charge in [-0.05, 0) is 52.9 Å². The van der Waals surface area contributed by atoms with Gasteiger partial charge >= 0.3 is 0 Å². The van der Waals surface area contributed by atoms with Gasteiger partial charge in [-0.25, -0.2) is 0 Å². The maximum atomic E-state index is 12.7. The van der Waals surface area contributed by atoms with Gasteiger partial charge in [-0.2, -0.15) is 0 Å². The number of nitrogens with zero attached hydrogens (tertiary/aromatic N) is 1. The third-order valence-electron chi connectivity index (χ3n) is 4.64. The summed E-state index contributed by atoms with van der Waals surface area (Å²) in [6.45, 7) is 9.68. The van der Waals surface area contributed by atoms with Gasteiger partial charge in [-0.15, -0.1) is 0 Å². The lowest BCUT2D eigenvalue weighted by Crippen LogP contribution is -2.75. The fourth-order valence-electron chi connectivity index (χ4n) is 3.05. The predicted octanol–water partition coefficient (Wildman–Crippen LogP) is 1.69. The molecule has 1 aliphatic carbocycles. The van der Waals surface area contributed by atoms with Crippen LogP contribution in [-0.2, 0) is 9.59 Å². The van der Waals surface area contributed by atoms with Crippen LogP contribution < -0.4 is 5.32 Å². The average molecular weight is 252 g/mol. The SMILES string of the molecule is CCC1(C)NC(=O)C(C)(C2CC2)N(C(C)C)C1=O. The van der Waals surface area contributed by atoms with E-state index in [2.05, 4.69) is 5.32 Å². The van der Waals surface area contributed by atoms with Gasteiger partial charge in [0.1, 0.15) is 11.1 Å². The second kappa shape index (κ2) is 3.97. The summed E-state index contributed by atoms with van der Waals surface area (Å²) in [5.41, 5.74) is -1.39. The van der Waals surface area contributed by atoms with Crippen molar-refractivity contribution in [1.29, 1.82) is 0 Å². The summed E-state index contributed by atoms with van der Waals surface area (Å²) < 4.78 is 0. The second-order valence-electron chi connectivity index (χ2n) is 6.33. The van der Waals surface area contributed by atoms with Crippen molar-refractivity contribution in [2.75, 3.05) is 0 Å². The van der Waals surface area contributed by atoms with Crippen molar-refractivity contribution in [3.8, 4) is 0 Å². The summed E-state index contributed by atoms with van der Waals surface area (Å²) in [5, 5.41) is 2.96. The van der Waals surface area contributed by atoms with Gasteiger partial charge in [0.2, 0.25) is 11.8 Å². The van der Waals surface area contributed by atoms with Crippen LogP contribution in [0.1, 0.15) is 53.9 Å². The summed E-state index contributed by atoms with van der Waals surface area (Å²) in [6.07, 6.45) is 2.72. The van der Waals surface area contributed by atoms with E-state index in [9.17, 15) is 9.59 Å². The van der Waals surface area contributed by atoms with Gasteiger partial charge in [0.15, 0.2) is 0 Å². The molecule has 1 saturated heterocycles. The third-order valence-corrected chi connectivity index (χ3v) is 4.64. The fourth-order valence-corrected chi connectivity index (χ4v) is 3.05. The highest BCUT2D eigenvalue weighted by Gasteiger charge is 2.60. The number of amides is 2. The fraction of sp³-hybridized carbons (Fsp3) is 0.857. The Labute approximate surface area is 109 Å². The highest BCUT2D eigenvalue weighted by Crippen LogP contribution is 2.46.